The Morgan fingerprint density at radius 3 is 2.50 bits per heavy atom. The summed E-state index contributed by atoms with van der Waals surface area (Å²) < 4.78 is 48.2. The van der Waals surface area contributed by atoms with Crippen LogP contribution in [0, 0.1) is 5.82 Å². The fraction of sp³-hybridized carbons (Fsp3) is 0.273. The van der Waals surface area contributed by atoms with Gasteiger partial charge in [0.05, 0.1) is 6.54 Å². The lowest BCUT2D eigenvalue weighted by Crippen LogP contribution is -2.45. The number of halogens is 4. The number of alkyl halides is 3. The van der Waals surface area contributed by atoms with Gasteiger partial charge in [0.1, 0.15) is 12.4 Å². The van der Waals surface area contributed by atoms with Crippen molar-refractivity contribution < 1.29 is 27.2 Å². The summed E-state index contributed by atoms with van der Waals surface area (Å²) in [5, 5.41) is 5.68. The van der Waals surface area contributed by atoms with Crippen LogP contribution in [0.15, 0.2) is 24.3 Å². The van der Waals surface area contributed by atoms with Crippen molar-refractivity contribution in [3.8, 4) is 0 Å². The molecule has 9 heteroatoms. The Bertz CT molecular complexity index is 491. The summed E-state index contributed by atoms with van der Waals surface area (Å²) in [4.78, 5) is 22.2. The average molecular weight is 293 g/mol. The van der Waals surface area contributed by atoms with Crippen LogP contribution in [0.4, 0.5) is 28.0 Å². The van der Waals surface area contributed by atoms with Crippen molar-refractivity contribution in [1.82, 2.24) is 10.6 Å². The summed E-state index contributed by atoms with van der Waals surface area (Å²) in [6, 6.07) is 3.96. The van der Waals surface area contributed by atoms with E-state index in [0.717, 1.165) is 6.07 Å². The molecular weight excluding hydrogens is 282 g/mol. The highest BCUT2D eigenvalue weighted by Crippen LogP contribution is 2.12. The monoisotopic (exact) mass is 293 g/mol. The van der Waals surface area contributed by atoms with Gasteiger partial charge in [0.15, 0.2) is 0 Å². The van der Waals surface area contributed by atoms with E-state index in [0.29, 0.717) is 5.69 Å². The van der Waals surface area contributed by atoms with Gasteiger partial charge >= 0.3 is 12.2 Å². The Labute approximate surface area is 111 Å². The third-order valence-corrected chi connectivity index (χ3v) is 1.98. The van der Waals surface area contributed by atoms with Crippen LogP contribution in [-0.2, 0) is 4.79 Å². The van der Waals surface area contributed by atoms with Crippen molar-refractivity contribution in [2.75, 3.05) is 18.4 Å². The summed E-state index contributed by atoms with van der Waals surface area (Å²) in [6.45, 7) is -1.92. The average Bonchev–Trinajstić information content (AvgIpc) is 2.33. The highest BCUT2D eigenvalue weighted by atomic mass is 19.4. The summed E-state index contributed by atoms with van der Waals surface area (Å²) in [7, 11) is 0. The zero-order valence-corrected chi connectivity index (χ0v) is 10.1. The topological polar surface area (TPSA) is 70.2 Å². The predicted molar refractivity (Wildman–Crippen MR) is 62.5 cm³/mol. The largest absolute Gasteiger partial charge is 0.405 e. The minimum absolute atomic E-state index is 0.302. The van der Waals surface area contributed by atoms with Gasteiger partial charge in [-0.05, 0) is 18.2 Å². The Kier molecular flexibility index (Phi) is 5.30. The lowest BCUT2D eigenvalue weighted by atomic mass is 10.3. The molecule has 0 heterocycles. The summed E-state index contributed by atoms with van der Waals surface area (Å²) in [5.74, 6) is -1.37. The van der Waals surface area contributed by atoms with E-state index in [1.54, 1.807) is 5.32 Å². The summed E-state index contributed by atoms with van der Waals surface area (Å²) >= 11 is 0. The van der Waals surface area contributed by atoms with E-state index < -0.39 is 30.5 Å². The molecular formula is C11H11F4N3O2. The van der Waals surface area contributed by atoms with Gasteiger partial charge in [0.25, 0.3) is 0 Å². The van der Waals surface area contributed by atoms with Crippen LogP contribution in [0.25, 0.3) is 0 Å². The molecule has 0 fully saturated rings. The number of carbonyl (C=O) groups is 2. The summed E-state index contributed by atoms with van der Waals surface area (Å²) in [5.41, 5.74) is 0.302. The van der Waals surface area contributed by atoms with Crippen molar-refractivity contribution in [3.05, 3.63) is 30.1 Å². The molecule has 5 nitrogen and oxygen atoms in total. The first-order valence-electron chi connectivity index (χ1n) is 5.40. The SMILES string of the molecule is O=C(CNc1cccc(F)c1)NC(=O)NCC(F)(F)F. The molecule has 0 atom stereocenters. The minimum Gasteiger partial charge on any atom is -0.376 e. The van der Waals surface area contributed by atoms with E-state index in [1.165, 1.54) is 23.5 Å². The van der Waals surface area contributed by atoms with E-state index in [9.17, 15) is 27.2 Å². The molecule has 0 aliphatic rings. The molecule has 1 aromatic carbocycles. The molecule has 0 saturated heterocycles. The number of hydrogen-bond donors (Lipinski definition) is 3. The number of benzene rings is 1. The van der Waals surface area contributed by atoms with E-state index in [4.69, 9.17) is 0 Å². The van der Waals surface area contributed by atoms with Crippen molar-refractivity contribution >= 4 is 17.6 Å². The van der Waals surface area contributed by atoms with Crippen LogP contribution in [-0.4, -0.2) is 31.2 Å². The van der Waals surface area contributed by atoms with Gasteiger partial charge < -0.3 is 10.6 Å². The zero-order valence-electron chi connectivity index (χ0n) is 10.1. The smallest absolute Gasteiger partial charge is 0.376 e. The van der Waals surface area contributed by atoms with Crippen LogP contribution >= 0.6 is 0 Å². The number of carbonyl (C=O) groups excluding carboxylic acids is 2. The van der Waals surface area contributed by atoms with Gasteiger partial charge in [-0.15, -0.1) is 0 Å². The molecule has 0 saturated carbocycles. The van der Waals surface area contributed by atoms with Gasteiger partial charge in [-0.25, -0.2) is 9.18 Å². The van der Waals surface area contributed by atoms with Gasteiger partial charge in [-0.1, -0.05) is 6.07 Å². The molecule has 1 aromatic rings. The number of urea groups is 1. The zero-order chi connectivity index (χ0) is 15.2. The second-order valence-corrected chi connectivity index (χ2v) is 3.71. The number of amides is 3. The molecule has 0 unspecified atom stereocenters. The van der Waals surface area contributed by atoms with Gasteiger partial charge in [0, 0.05) is 5.69 Å². The molecule has 110 valence electrons. The molecule has 0 radical (unpaired) electrons. The van der Waals surface area contributed by atoms with E-state index in [1.807, 2.05) is 0 Å². The molecule has 0 aliphatic heterocycles. The molecule has 20 heavy (non-hydrogen) atoms. The Morgan fingerprint density at radius 1 is 1.20 bits per heavy atom. The third-order valence-electron chi connectivity index (χ3n) is 1.98. The Balaban J connectivity index is 2.31. The molecule has 3 amide bonds. The molecule has 3 N–H and O–H groups in total. The molecule has 0 spiro atoms. The second-order valence-electron chi connectivity index (χ2n) is 3.71. The highest BCUT2D eigenvalue weighted by Gasteiger charge is 2.27. The fourth-order valence-electron chi connectivity index (χ4n) is 1.18. The first-order valence-corrected chi connectivity index (χ1v) is 5.40. The molecule has 0 bridgehead atoms. The maximum atomic E-state index is 12.8. The van der Waals surface area contributed by atoms with Crippen LogP contribution < -0.4 is 16.0 Å². The maximum absolute atomic E-state index is 12.8. The Hall–Kier alpha value is -2.32. The van der Waals surface area contributed by atoms with E-state index in [2.05, 4.69) is 5.32 Å². The highest BCUT2D eigenvalue weighted by molar-refractivity contribution is 5.96. The van der Waals surface area contributed by atoms with Crippen LogP contribution in [0.5, 0.6) is 0 Å². The first kappa shape index (κ1) is 15.7. The Morgan fingerprint density at radius 2 is 1.90 bits per heavy atom. The standard InChI is InChI=1S/C11H11F4N3O2/c12-7-2-1-3-8(4-7)16-5-9(19)18-10(20)17-6-11(13,14)15/h1-4,16H,5-6H2,(H2,17,18,19,20). The number of imide groups is 1. The lowest BCUT2D eigenvalue weighted by molar-refractivity contribution is -0.124. The number of rotatable bonds is 4. The van der Waals surface area contributed by atoms with Gasteiger partial charge in [-0.3, -0.25) is 10.1 Å². The van der Waals surface area contributed by atoms with E-state index >= 15 is 0 Å². The fourth-order valence-corrected chi connectivity index (χ4v) is 1.18. The second kappa shape index (κ2) is 6.73. The number of anilines is 1. The van der Waals surface area contributed by atoms with Crippen molar-refractivity contribution in [2.45, 2.75) is 6.18 Å². The van der Waals surface area contributed by atoms with Crippen molar-refractivity contribution in [3.63, 3.8) is 0 Å². The van der Waals surface area contributed by atoms with Crippen LogP contribution in [0.3, 0.4) is 0 Å². The third kappa shape index (κ3) is 6.57. The van der Waals surface area contributed by atoms with Crippen molar-refractivity contribution in [2.24, 2.45) is 0 Å². The molecule has 0 aromatic heterocycles. The summed E-state index contributed by atoms with van der Waals surface area (Å²) in [6.07, 6.45) is -4.56. The quantitative estimate of drug-likeness (QED) is 0.739. The van der Waals surface area contributed by atoms with Crippen LogP contribution in [0.1, 0.15) is 0 Å². The molecule has 1 rings (SSSR count). The van der Waals surface area contributed by atoms with Gasteiger partial charge in [-0.2, -0.15) is 13.2 Å². The van der Waals surface area contributed by atoms with Crippen molar-refractivity contribution in [1.29, 1.82) is 0 Å². The lowest BCUT2D eigenvalue weighted by Gasteiger charge is -2.10. The number of nitrogens with one attached hydrogen (secondary N) is 3. The first-order chi connectivity index (χ1) is 9.26. The predicted octanol–water partition coefficient (Wildman–Crippen LogP) is 1.63. The minimum atomic E-state index is -4.56. The van der Waals surface area contributed by atoms with E-state index in [-0.39, 0.29) is 6.54 Å². The van der Waals surface area contributed by atoms with Gasteiger partial charge in [0.2, 0.25) is 5.91 Å². The number of hydrogen-bond acceptors (Lipinski definition) is 3. The molecule has 0 aliphatic carbocycles. The van der Waals surface area contributed by atoms with Crippen LogP contribution in [0.2, 0.25) is 0 Å². The normalized spacial score (nSPS) is 10.8. The maximum Gasteiger partial charge on any atom is 0.405 e.